The van der Waals surface area contributed by atoms with E-state index in [4.69, 9.17) is 0 Å². The number of unbranched alkanes of at least 4 members (excludes halogenated alkanes) is 1. The Morgan fingerprint density at radius 3 is 3.04 bits per heavy atom. The fourth-order valence-corrected chi connectivity index (χ4v) is 4.39. The first-order valence-corrected chi connectivity index (χ1v) is 9.36. The van der Waals surface area contributed by atoms with Gasteiger partial charge >= 0.3 is 0 Å². The second kappa shape index (κ2) is 6.34. The van der Waals surface area contributed by atoms with Crippen LogP contribution in [0.1, 0.15) is 30.9 Å². The van der Waals surface area contributed by atoms with Gasteiger partial charge in [-0.25, -0.2) is 0 Å². The number of aromatic amines is 1. The molecule has 0 spiro atoms. The minimum absolute atomic E-state index is 0.0474. The van der Waals surface area contributed by atoms with Gasteiger partial charge in [-0.15, -0.1) is 0 Å². The van der Waals surface area contributed by atoms with Gasteiger partial charge in [-0.3, -0.25) is 9.69 Å². The minimum Gasteiger partial charge on any atom is -0.361 e. The normalized spacial score (nSPS) is 22.6. The molecular weight excluding hydrogens is 310 g/mol. The van der Waals surface area contributed by atoms with E-state index in [1.54, 1.807) is 0 Å². The van der Waals surface area contributed by atoms with Crippen LogP contribution in [0.2, 0.25) is 0 Å². The second-order valence-corrected chi connectivity index (χ2v) is 7.54. The molecule has 0 radical (unpaired) electrons. The molecule has 0 saturated carbocycles. The Morgan fingerprint density at radius 1 is 1.40 bits per heavy atom. The van der Waals surface area contributed by atoms with Gasteiger partial charge in [0.2, 0.25) is 5.91 Å². The third kappa shape index (κ3) is 2.69. The van der Waals surface area contributed by atoms with Crippen LogP contribution >= 0.6 is 0 Å². The van der Waals surface area contributed by atoms with Gasteiger partial charge in [-0.05, 0) is 42.7 Å². The molecule has 4 nitrogen and oxygen atoms in total. The van der Waals surface area contributed by atoms with E-state index in [0.717, 1.165) is 32.4 Å². The number of rotatable bonds is 4. The van der Waals surface area contributed by atoms with Crippen LogP contribution in [0.4, 0.5) is 0 Å². The Kier molecular flexibility index (Phi) is 4.16. The van der Waals surface area contributed by atoms with Crippen LogP contribution in [0.25, 0.3) is 16.5 Å². The van der Waals surface area contributed by atoms with Gasteiger partial charge in [0.15, 0.2) is 0 Å². The maximum Gasteiger partial charge on any atom is 0.230 e. The summed E-state index contributed by atoms with van der Waals surface area (Å²) in [6.45, 7) is 3.81. The molecule has 1 N–H and O–H groups in total. The number of fused-ring (bicyclic) bond motifs is 2. The van der Waals surface area contributed by atoms with E-state index in [1.165, 1.54) is 27.6 Å². The summed E-state index contributed by atoms with van der Waals surface area (Å²) in [6.07, 6.45) is 7.60. The lowest BCUT2D eigenvalue weighted by molar-refractivity contribution is -0.133. The number of nitrogens with zero attached hydrogens (tertiary/aromatic N) is 2. The molecule has 0 bridgehead atoms. The van der Waals surface area contributed by atoms with Crippen LogP contribution in [0.3, 0.4) is 0 Å². The molecule has 1 amide bonds. The van der Waals surface area contributed by atoms with Crippen molar-refractivity contribution in [2.45, 2.75) is 32.2 Å². The van der Waals surface area contributed by atoms with Gasteiger partial charge in [-0.2, -0.15) is 0 Å². The molecular formula is C21H27N3O. The molecule has 2 aliphatic rings. The van der Waals surface area contributed by atoms with Crippen LogP contribution in [0, 0.1) is 5.92 Å². The van der Waals surface area contributed by atoms with Gasteiger partial charge in [0.05, 0.1) is 5.92 Å². The molecule has 2 heterocycles. The number of benzene rings is 1. The number of carbonyl (C=O) groups is 1. The van der Waals surface area contributed by atoms with Crippen molar-refractivity contribution in [1.29, 1.82) is 0 Å². The maximum atomic E-state index is 12.9. The molecule has 0 saturated heterocycles. The summed E-state index contributed by atoms with van der Waals surface area (Å²) in [5, 5.41) is 1.34. The lowest BCUT2D eigenvalue weighted by Gasteiger charge is -2.40. The van der Waals surface area contributed by atoms with Crippen LogP contribution in [0.15, 0.2) is 30.5 Å². The molecule has 2 aromatic rings. The molecule has 1 aromatic carbocycles. The first kappa shape index (κ1) is 16.4. The summed E-state index contributed by atoms with van der Waals surface area (Å²) in [5.41, 5.74) is 5.21. The molecule has 132 valence electrons. The summed E-state index contributed by atoms with van der Waals surface area (Å²) >= 11 is 0. The van der Waals surface area contributed by atoms with Gasteiger partial charge < -0.3 is 9.88 Å². The average Bonchev–Trinajstić information content (AvgIpc) is 3.04. The lowest BCUT2D eigenvalue weighted by Crippen LogP contribution is -2.47. The van der Waals surface area contributed by atoms with E-state index in [9.17, 15) is 4.79 Å². The van der Waals surface area contributed by atoms with E-state index in [-0.39, 0.29) is 11.8 Å². The fourth-order valence-electron chi connectivity index (χ4n) is 4.39. The summed E-state index contributed by atoms with van der Waals surface area (Å²) in [7, 11) is 4.09. The number of hydrogen-bond donors (Lipinski definition) is 1. The smallest absolute Gasteiger partial charge is 0.230 e. The molecule has 1 aliphatic heterocycles. The van der Waals surface area contributed by atoms with Crippen molar-refractivity contribution < 1.29 is 4.79 Å². The quantitative estimate of drug-likeness (QED) is 0.930. The number of amides is 1. The molecule has 1 aromatic heterocycles. The van der Waals surface area contributed by atoms with Crippen molar-refractivity contribution in [2.75, 3.05) is 27.2 Å². The van der Waals surface area contributed by atoms with Gasteiger partial charge in [0.1, 0.15) is 0 Å². The number of nitrogens with one attached hydrogen (secondary N) is 1. The standard InChI is InChI=1S/C21H27N3O/c1-4-5-9-23(2)21(25)15-10-17-16-7-6-8-18-20(16)14(12-22-18)11-19(17)24(3)13-15/h6-8,10,12,15,19,22H,4-5,9,11,13H2,1-3H3/t15-,19-/m1/s1. The van der Waals surface area contributed by atoms with Crippen LogP contribution in [0.5, 0.6) is 0 Å². The third-order valence-electron chi connectivity index (χ3n) is 5.81. The molecule has 1 aliphatic carbocycles. The fraction of sp³-hybridized carbons (Fsp3) is 0.476. The van der Waals surface area contributed by atoms with Crippen molar-refractivity contribution in [3.05, 3.63) is 41.6 Å². The van der Waals surface area contributed by atoms with Gasteiger partial charge in [-0.1, -0.05) is 31.6 Å². The summed E-state index contributed by atoms with van der Waals surface area (Å²) < 4.78 is 0. The van der Waals surface area contributed by atoms with Crippen LogP contribution in [-0.2, 0) is 11.2 Å². The van der Waals surface area contributed by atoms with Crippen molar-refractivity contribution >= 4 is 22.4 Å². The summed E-state index contributed by atoms with van der Waals surface area (Å²) in [6, 6.07) is 6.83. The summed E-state index contributed by atoms with van der Waals surface area (Å²) in [5.74, 6) is 0.201. The van der Waals surface area contributed by atoms with Crippen molar-refractivity contribution in [3.63, 3.8) is 0 Å². The largest absolute Gasteiger partial charge is 0.361 e. The van der Waals surface area contributed by atoms with E-state index < -0.39 is 0 Å². The molecule has 0 unspecified atom stereocenters. The SMILES string of the molecule is CCCCN(C)C(=O)[C@@H]1C=C2c3cccc4[nH]cc(c34)C[C@H]2N(C)C1. The predicted molar refractivity (Wildman–Crippen MR) is 102 cm³/mol. The third-order valence-corrected chi connectivity index (χ3v) is 5.81. The first-order chi connectivity index (χ1) is 12.1. The summed E-state index contributed by atoms with van der Waals surface area (Å²) in [4.78, 5) is 20.6. The number of carbonyl (C=O) groups excluding carboxylic acids is 1. The number of aromatic nitrogens is 1. The van der Waals surface area contributed by atoms with Gasteiger partial charge in [0.25, 0.3) is 0 Å². The van der Waals surface area contributed by atoms with Crippen molar-refractivity contribution in [1.82, 2.24) is 14.8 Å². The number of hydrogen-bond acceptors (Lipinski definition) is 2. The maximum absolute atomic E-state index is 12.9. The second-order valence-electron chi connectivity index (χ2n) is 7.54. The highest BCUT2D eigenvalue weighted by molar-refractivity contribution is 5.99. The highest BCUT2D eigenvalue weighted by Crippen LogP contribution is 2.40. The Morgan fingerprint density at radius 2 is 2.24 bits per heavy atom. The van der Waals surface area contributed by atoms with E-state index in [2.05, 4.69) is 54.3 Å². The van der Waals surface area contributed by atoms with Crippen LogP contribution < -0.4 is 0 Å². The number of likely N-dealkylation sites (N-methyl/N-ethyl adjacent to an activating group) is 1. The molecule has 2 atom stereocenters. The minimum atomic E-state index is -0.0474. The van der Waals surface area contributed by atoms with Crippen molar-refractivity contribution in [3.8, 4) is 0 Å². The Hall–Kier alpha value is -2.07. The predicted octanol–water partition coefficient (Wildman–Crippen LogP) is 3.30. The van der Waals surface area contributed by atoms with Crippen molar-refractivity contribution in [2.24, 2.45) is 5.92 Å². The zero-order valence-electron chi connectivity index (χ0n) is 15.4. The van der Waals surface area contributed by atoms with Crippen LogP contribution in [-0.4, -0.2) is 53.9 Å². The Balaban J connectivity index is 1.71. The van der Waals surface area contributed by atoms with Gasteiger partial charge in [0, 0.05) is 43.3 Å². The topological polar surface area (TPSA) is 39.3 Å². The average molecular weight is 337 g/mol. The molecule has 4 rings (SSSR count). The molecule has 25 heavy (non-hydrogen) atoms. The number of H-pyrrole nitrogens is 1. The van der Waals surface area contributed by atoms with E-state index in [0.29, 0.717) is 6.04 Å². The Bertz CT molecular complexity index is 835. The van der Waals surface area contributed by atoms with E-state index >= 15 is 0 Å². The highest BCUT2D eigenvalue weighted by atomic mass is 16.2. The zero-order chi connectivity index (χ0) is 17.6. The lowest BCUT2D eigenvalue weighted by atomic mass is 9.79. The van der Waals surface area contributed by atoms with E-state index in [1.807, 2.05) is 11.9 Å². The molecule has 0 fully saturated rings. The monoisotopic (exact) mass is 337 g/mol. The Labute approximate surface area is 149 Å². The molecule has 4 heteroatoms. The first-order valence-electron chi connectivity index (χ1n) is 9.36. The highest BCUT2D eigenvalue weighted by Gasteiger charge is 2.36. The zero-order valence-corrected chi connectivity index (χ0v) is 15.4.